The SMILES string of the molecule is CC1CC2CC(CN)CCC2N1. The van der Waals surface area contributed by atoms with Crippen molar-refractivity contribution in [1.82, 2.24) is 5.32 Å². The summed E-state index contributed by atoms with van der Waals surface area (Å²) in [6.07, 6.45) is 5.45. The van der Waals surface area contributed by atoms with Crippen LogP contribution in [0, 0.1) is 11.8 Å². The molecule has 2 fully saturated rings. The molecule has 1 aliphatic carbocycles. The van der Waals surface area contributed by atoms with Crippen molar-refractivity contribution < 1.29 is 0 Å². The van der Waals surface area contributed by atoms with Crippen molar-refractivity contribution in [3.05, 3.63) is 0 Å². The van der Waals surface area contributed by atoms with Crippen molar-refractivity contribution in [3.8, 4) is 0 Å². The zero-order chi connectivity index (χ0) is 8.55. The number of hydrogen-bond donors (Lipinski definition) is 2. The van der Waals surface area contributed by atoms with Gasteiger partial charge in [0.05, 0.1) is 0 Å². The van der Waals surface area contributed by atoms with E-state index in [9.17, 15) is 0 Å². The van der Waals surface area contributed by atoms with Crippen LogP contribution in [0.2, 0.25) is 0 Å². The maximum Gasteiger partial charge on any atom is 0.00986 e. The third-order valence-electron chi connectivity index (χ3n) is 3.58. The van der Waals surface area contributed by atoms with E-state index in [0.29, 0.717) is 0 Å². The second-order valence-electron chi connectivity index (χ2n) is 4.58. The van der Waals surface area contributed by atoms with E-state index in [1.165, 1.54) is 25.7 Å². The number of nitrogens with two attached hydrogens (primary N) is 1. The normalized spacial score (nSPS) is 47.5. The van der Waals surface area contributed by atoms with E-state index in [1.807, 2.05) is 0 Å². The number of nitrogens with one attached hydrogen (secondary N) is 1. The zero-order valence-electron chi connectivity index (χ0n) is 7.92. The molecule has 70 valence electrons. The maximum atomic E-state index is 5.70. The van der Waals surface area contributed by atoms with E-state index in [2.05, 4.69) is 12.2 Å². The van der Waals surface area contributed by atoms with Crippen LogP contribution in [0.5, 0.6) is 0 Å². The summed E-state index contributed by atoms with van der Waals surface area (Å²) in [5.74, 6) is 1.75. The van der Waals surface area contributed by atoms with Crippen molar-refractivity contribution >= 4 is 0 Å². The minimum absolute atomic E-state index is 0.747. The molecule has 1 saturated carbocycles. The second kappa shape index (κ2) is 3.35. The largest absolute Gasteiger partial charge is 0.330 e. The van der Waals surface area contributed by atoms with Crippen molar-refractivity contribution in [3.63, 3.8) is 0 Å². The van der Waals surface area contributed by atoms with Gasteiger partial charge in [0.1, 0.15) is 0 Å². The molecule has 0 spiro atoms. The first-order valence-electron chi connectivity index (χ1n) is 5.25. The maximum absolute atomic E-state index is 5.70. The number of hydrogen-bond acceptors (Lipinski definition) is 2. The van der Waals surface area contributed by atoms with Crippen LogP contribution in [-0.4, -0.2) is 18.6 Å². The van der Waals surface area contributed by atoms with Gasteiger partial charge in [-0.15, -0.1) is 0 Å². The van der Waals surface area contributed by atoms with Gasteiger partial charge in [-0.2, -0.15) is 0 Å². The highest BCUT2D eigenvalue weighted by atomic mass is 15.0. The average molecular weight is 168 g/mol. The molecule has 4 atom stereocenters. The highest BCUT2D eigenvalue weighted by Crippen LogP contribution is 2.35. The molecule has 0 bridgehead atoms. The quantitative estimate of drug-likeness (QED) is 0.615. The Morgan fingerprint density at radius 3 is 2.92 bits per heavy atom. The van der Waals surface area contributed by atoms with Crippen LogP contribution < -0.4 is 11.1 Å². The number of rotatable bonds is 1. The molecule has 0 aromatic rings. The summed E-state index contributed by atoms with van der Waals surface area (Å²) in [6.45, 7) is 3.20. The van der Waals surface area contributed by atoms with Crippen molar-refractivity contribution in [2.24, 2.45) is 17.6 Å². The molecular formula is C10H20N2. The van der Waals surface area contributed by atoms with Crippen molar-refractivity contribution in [2.75, 3.05) is 6.54 Å². The van der Waals surface area contributed by atoms with Gasteiger partial charge in [-0.1, -0.05) is 0 Å². The Kier molecular flexibility index (Phi) is 2.37. The topological polar surface area (TPSA) is 38.0 Å². The fourth-order valence-corrected chi connectivity index (χ4v) is 2.94. The molecule has 0 radical (unpaired) electrons. The van der Waals surface area contributed by atoms with Crippen LogP contribution in [0.15, 0.2) is 0 Å². The second-order valence-corrected chi connectivity index (χ2v) is 4.58. The van der Waals surface area contributed by atoms with Gasteiger partial charge in [-0.25, -0.2) is 0 Å². The zero-order valence-corrected chi connectivity index (χ0v) is 7.92. The average Bonchev–Trinajstić information content (AvgIpc) is 2.43. The molecule has 2 heteroatoms. The van der Waals surface area contributed by atoms with Gasteiger partial charge in [0.25, 0.3) is 0 Å². The first-order chi connectivity index (χ1) is 5.79. The first-order valence-corrected chi connectivity index (χ1v) is 5.25. The van der Waals surface area contributed by atoms with Gasteiger partial charge in [0.2, 0.25) is 0 Å². The molecule has 0 aromatic heterocycles. The van der Waals surface area contributed by atoms with E-state index in [4.69, 9.17) is 5.73 Å². The lowest BCUT2D eigenvalue weighted by Crippen LogP contribution is -2.36. The lowest BCUT2D eigenvalue weighted by Gasteiger charge is -2.30. The summed E-state index contributed by atoms with van der Waals surface area (Å²) in [4.78, 5) is 0. The van der Waals surface area contributed by atoms with Gasteiger partial charge in [0.15, 0.2) is 0 Å². The highest BCUT2D eigenvalue weighted by molar-refractivity contribution is 4.93. The van der Waals surface area contributed by atoms with Crippen molar-refractivity contribution in [1.29, 1.82) is 0 Å². The van der Waals surface area contributed by atoms with Gasteiger partial charge in [0, 0.05) is 12.1 Å². The molecule has 12 heavy (non-hydrogen) atoms. The van der Waals surface area contributed by atoms with Gasteiger partial charge >= 0.3 is 0 Å². The Hall–Kier alpha value is -0.0800. The summed E-state index contributed by atoms with van der Waals surface area (Å²) in [6, 6.07) is 1.57. The molecule has 1 heterocycles. The van der Waals surface area contributed by atoms with Crippen LogP contribution >= 0.6 is 0 Å². The highest BCUT2D eigenvalue weighted by Gasteiger charge is 2.35. The smallest absolute Gasteiger partial charge is 0.00986 e. The fourth-order valence-electron chi connectivity index (χ4n) is 2.94. The summed E-state index contributed by atoms with van der Waals surface area (Å²) in [7, 11) is 0. The summed E-state index contributed by atoms with van der Waals surface area (Å²) in [5.41, 5.74) is 5.70. The molecule has 2 aliphatic rings. The van der Waals surface area contributed by atoms with Gasteiger partial charge in [-0.3, -0.25) is 0 Å². The molecule has 1 saturated heterocycles. The Morgan fingerprint density at radius 1 is 1.33 bits per heavy atom. The molecular weight excluding hydrogens is 148 g/mol. The molecule has 2 rings (SSSR count). The van der Waals surface area contributed by atoms with Crippen LogP contribution in [-0.2, 0) is 0 Å². The van der Waals surface area contributed by atoms with E-state index in [-0.39, 0.29) is 0 Å². The third-order valence-corrected chi connectivity index (χ3v) is 3.58. The van der Waals surface area contributed by atoms with Gasteiger partial charge < -0.3 is 11.1 Å². The summed E-state index contributed by atoms with van der Waals surface area (Å²) >= 11 is 0. The Balaban J connectivity index is 1.93. The Morgan fingerprint density at radius 2 is 2.17 bits per heavy atom. The lowest BCUT2D eigenvalue weighted by molar-refractivity contribution is 0.250. The van der Waals surface area contributed by atoms with Gasteiger partial charge in [-0.05, 0) is 51.0 Å². The van der Waals surface area contributed by atoms with E-state index in [1.54, 1.807) is 0 Å². The van der Waals surface area contributed by atoms with E-state index in [0.717, 1.165) is 30.5 Å². The molecule has 4 unspecified atom stereocenters. The van der Waals surface area contributed by atoms with Crippen molar-refractivity contribution in [2.45, 2.75) is 44.7 Å². The first kappa shape index (κ1) is 8.52. The summed E-state index contributed by atoms with van der Waals surface area (Å²) < 4.78 is 0. The van der Waals surface area contributed by atoms with E-state index >= 15 is 0 Å². The predicted octanol–water partition coefficient (Wildman–Crippen LogP) is 1.11. The standard InChI is InChI=1S/C10H20N2/c1-7-4-9-5-8(6-11)2-3-10(9)12-7/h7-10,12H,2-6,11H2,1H3. The number of fused-ring (bicyclic) bond motifs is 1. The minimum atomic E-state index is 0.747. The van der Waals surface area contributed by atoms with Crippen LogP contribution in [0.4, 0.5) is 0 Å². The molecule has 3 N–H and O–H groups in total. The Bertz CT molecular complexity index is 158. The van der Waals surface area contributed by atoms with Crippen LogP contribution in [0.25, 0.3) is 0 Å². The molecule has 1 aliphatic heterocycles. The molecule has 0 aromatic carbocycles. The monoisotopic (exact) mass is 168 g/mol. The third kappa shape index (κ3) is 1.50. The molecule has 0 amide bonds. The Labute approximate surface area is 74.9 Å². The predicted molar refractivity (Wildman–Crippen MR) is 50.9 cm³/mol. The van der Waals surface area contributed by atoms with Crippen LogP contribution in [0.3, 0.4) is 0 Å². The van der Waals surface area contributed by atoms with Crippen LogP contribution in [0.1, 0.15) is 32.6 Å². The van der Waals surface area contributed by atoms with E-state index < -0.39 is 0 Å². The summed E-state index contributed by atoms with van der Waals surface area (Å²) in [5, 5.41) is 3.66. The minimum Gasteiger partial charge on any atom is -0.330 e. The lowest BCUT2D eigenvalue weighted by atomic mass is 9.78. The fraction of sp³-hybridized carbons (Fsp3) is 1.00. The molecule has 2 nitrogen and oxygen atoms in total.